The number of piperidine rings is 1. The largest absolute Gasteiger partial charge is 0.361 e. The number of nitrogens with zero attached hydrogens (tertiary/aromatic N) is 2. The molecule has 0 N–H and O–H groups in total. The fraction of sp³-hybridized carbons (Fsp3) is 0.560. The van der Waals surface area contributed by atoms with Gasteiger partial charge in [0.25, 0.3) is 21.9 Å². The molecule has 3 rings (SSSR count). The van der Waals surface area contributed by atoms with Crippen LogP contribution in [0.2, 0.25) is 25.7 Å². The lowest BCUT2D eigenvalue weighted by Crippen LogP contribution is -2.55. The van der Waals surface area contributed by atoms with E-state index in [0.717, 1.165) is 22.8 Å². The normalized spacial score (nSPS) is 18.3. The molecule has 1 aromatic carbocycles. The van der Waals surface area contributed by atoms with E-state index < -0.39 is 30.1 Å². The highest BCUT2D eigenvalue weighted by Gasteiger charge is 2.43. The Morgan fingerprint density at radius 1 is 1.14 bits per heavy atom. The summed E-state index contributed by atoms with van der Waals surface area (Å²) in [6.07, 6.45) is 2.36. The molecule has 1 fully saturated rings. The molecule has 11 heteroatoms. The van der Waals surface area contributed by atoms with Crippen LogP contribution in [0, 0.1) is 11.8 Å². The number of carbonyl (C=O) groups is 3. The van der Waals surface area contributed by atoms with Gasteiger partial charge in [-0.2, -0.15) is 8.42 Å². The number of benzene rings is 1. The van der Waals surface area contributed by atoms with Gasteiger partial charge in [-0.05, 0) is 36.6 Å². The molecule has 2 heterocycles. The summed E-state index contributed by atoms with van der Waals surface area (Å²) in [5.74, 6) is 5.13. The molecule has 196 valence electrons. The molecule has 0 saturated carbocycles. The maximum atomic E-state index is 13.2. The van der Waals surface area contributed by atoms with Crippen molar-refractivity contribution < 1.29 is 31.7 Å². The summed E-state index contributed by atoms with van der Waals surface area (Å²) in [5, 5.41) is 0. The quantitative estimate of drug-likeness (QED) is 0.149. The molecule has 3 amide bonds. The smallest absolute Gasteiger partial charge is 0.264 e. The second-order valence-electron chi connectivity index (χ2n) is 10.3. The van der Waals surface area contributed by atoms with Crippen molar-refractivity contribution in [3.8, 4) is 11.8 Å². The first-order chi connectivity index (χ1) is 16.9. The number of imide groups is 1. The average molecular weight is 535 g/mol. The van der Waals surface area contributed by atoms with Gasteiger partial charge < -0.3 is 9.64 Å². The van der Waals surface area contributed by atoms with Gasteiger partial charge in [0.1, 0.15) is 12.8 Å². The van der Waals surface area contributed by atoms with Crippen LogP contribution in [0.4, 0.5) is 0 Å². The third-order valence-corrected chi connectivity index (χ3v) is 8.34. The molecule has 9 nitrogen and oxygen atoms in total. The van der Waals surface area contributed by atoms with Crippen LogP contribution in [-0.4, -0.2) is 76.3 Å². The molecule has 36 heavy (non-hydrogen) atoms. The van der Waals surface area contributed by atoms with E-state index in [1.165, 1.54) is 4.90 Å². The Labute approximate surface area is 214 Å². The van der Waals surface area contributed by atoms with Crippen molar-refractivity contribution >= 4 is 35.9 Å². The summed E-state index contributed by atoms with van der Waals surface area (Å²) >= 11 is 0. The number of carbonyl (C=O) groups excluding carboxylic acids is 3. The number of unbranched alkanes of at least 4 members (excludes halogenated alkanes) is 1. The van der Waals surface area contributed by atoms with Crippen LogP contribution >= 0.6 is 0 Å². The zero-order valence-corrected chi connectivity index (χ0v) is 23.2. The first-order valence-corrected chi connectivity index (χ1v) is 17.6. The molecule has 0 spiro atoms. The van der Waals surface area contributed by atoms with Crippen molar-refractivity contribution in [3.63, 3.8) is 0 Å². The van der Waals surface area contributed by atoms with E-state index in [0.29, 0.717) is 30.6 Å². The fourth-order valence-corrected chi connectivity index (χ4v) is 5.21. The molecule has 0 bridgehead atoms. The Morgan fingerprint density at radius 2 is 1.89 bits per heavy atom. The lowest BCUT2D eigenvalue weighted by atomic mass is 10.0. The van der Waals surface area contributed by atoms with Crippen LogP contribution in [0.1, 0.15) is 47.2 Å². The molecule has 1 atom stereocenters. The maximum absolute atomic E-state index is 13.2. The standard InChI is InChI=1S/C25H34N2O7SSi/c1-35(31,32)34-14-7-5-6-9-19-10-8-11-20-21(19)17-26(24(20)29)22-12-13-23(28)27(25(22)30)18-33-15-16-36(2,3)4/h8,10-11,22H,5,7,12-18H2,1-4H3. The van der Waals surface area contributed by atoms with Gasteiger partial charge in [-0.1, -0.05) is 37.5 Å². The second kappa shape index (κ2) is 11.7. The van der Waals surface area contributed by atoms with Crippen molar-refractivity contribution in [3.05, 3.63) is 34.9 Å². The van der Waals surface area contributed by atoms with Crippen molar-refractivity contribution in [1.82, 2.24) is 9.80 Å². The number of rotatable bonds is 10. The second-order valence-corrected chi connectivity index (χ2v) is 17.5. The third-order valence-electron chi connectivity index (χ3n) is 6.04. The zero-order valence-electron chi connectivity index (χ0n) is 21.3. The fourth-order valence-electron chi connectivity index (χ4n) is 4.03. The molecule has 0 aliphatic carbocycles. The zero-order chi connectivity index (χ0) is 26.5. The lowest BCUT2D eigenvalue weighted by Gasteiger charge is -2.35. The topological polar surface area (TPSA) is 110 Å². The van der Waals surface area contributed by atoms with Gasteiger partial charge >= 0.3 is 0 Å². The van der Waals surface area contributed by atoms with E-state index >= 15 is 0 Å². The monoisotopic (exact) mass is 534 g/mol. The van der Waals surface area contributed by atoms with Crippen molar-refractivity contribution in [2.24, 2.45) is 0 Å². The Bertz CT molecular complexity index is 1180. The number of hydrogen-bond donors (Lipinski definition) is 0. The number of amides is 3. The Balaban J connectivity index is 1.64. The molecule has 0 radical (unpaired) electrons. The molecule has 1 unspecified atom stereocenters. The van der Waals surface area contributed by atoms with Gasteiger partial charge in [0.15, 0.2) is 0 Å². The summed E-state index contributed by atoms with van der Waals surface area (Å²) in [5.41, 5.74) is 1.95. The predicted molar refractivity (Wildman–Crippen MR) is 137 cm³/mol. The molecule has 0 aromatic heterocycles. The van der Waals surface area contributed by atoms with Crippen LogP contribution in [-0.2, 0) is 35.2 Å². The average Bonchev–Trinajstić information content (AvgIpc) is 3.11. The predicted octanol–water partition coefficient (Wildman–Crippen LogP) is 2.58. The van der Waals surface area contributed by atoms with Gasteiger partial charge in [-0.25, -0.2) is 0 Å². The van der Waals surface area contributed by atoms with Crippen LogP contribution in [0.15, 0.2) is 18.2 Å². The van der Waals surface area contributed by atoms with Crippen LogP contribution < -0.4 is 0 Å². The van der Waals surface area contributed by atoms with Gasteiger partial charge in [0.05, 0.1) is 12.9 Å². The SMILES string of the molecule is C[Si](C)(C)CCOCN1C(=O)CCC(N2Cc3c(C#CCCCOS(C)(=O)=O)cccc3C2=O)C1=O. The van der Waals surface area contributed by atoms with Crippen molar-refractivity contribution in [2.45, 2.75) is 64.0 Å². The Hall–Kier alpha value is -2.52. The van der Waals surface area contributed by atoms with Crippen LogP contribution in [0.3, 0.4) is 0 Å². The summed E-state index contributed by atoms with van der Waals surface area (Å²) in [6.45, 7) is 7.39. The van der Waals surface area contributed by atoms with Gasteiger partial charge in [0.2, 0.25) is 5.91 Å². The van der Waals surface area contributed by atoms with Gasteiger partial charge in [0, 0.05) is 45.2 Å². The molecule has 1 aromatic rings. The highest BCUT2D eigenvalue weighted by molar-refractivity contribution is 7.85. The van der Waals surface area contributed by atoms with Crippen LogP contribution in [0.25, 0.3) is 0 Å². The van der Waals surface area contributed by atoms with E-state index in [9.17, 15) is 22.8 Å². The number of hydrogen-bond acceptors (Lipinski definition) is 7. The molecular weight excluding hydrogens is 500 g/mol. The van der Waals surface area contributed by atoms with Crippen molar-refractivity contribution in [1.29, 1.82) is 0 Å². The van der Waals surface area contributed by atoms with E-state index in [4.69, 9.17) is 8.92 Å². The van der Waals surface area contributed by atoms with Gasteiger partial charge in [-0.3, -0.25) is 23.5 Å². The summed E-state index contributed by atoms with van der Waals surface area (Å²) in [6, 6.07) is 5.50. The highest BCUT2D eigenvalue weighted by atomic mass is 32.2. The third kappa shape index (κ3) is 7.49. The summed E-state index contributed by atoms with van der Waals surface area (Å²) < 4.78 is 32.4. The molecule has 1 saturated heterocycles. The Kier molecular flexibility index (Phi) is 9.11. The van der Waals surface area contributed by atoms with Crippen LogP contribution in [0.5, 0.6) is 0 Å². The summed E-state index contributed by atoms with van der Waals surface area (Å²) in [4.78, 5) is 41.5. The van der Waals surface area contributed by atoms with Gasteiger partial charge in [-0.15, -0.1) is 0 Å². The summed E-state index contributed by atoms with van der Waals surface area (Å²) in [7, 11) is -4.76. The van der Waals surface area contributed by atoms with E-state index in [1.807, 2.05) is 6.07 Å². The molecule has 2 aliphatic heterocycles. The van der Waals surface area contributed by atoms with E-state index in [1.54, 1.807) is 12.1 Å². The number of likely N-dealkylation sites (tertiary alicyclic amines) is 1. The Morgan fingerprint density at radius 3 is 2.58 bits per heavy atom. The maximum Gasteiger partial charge on any atom is 0.264 e. The van der Waals surface area contributed by atoms with Crippen molar-refractivity contribution in [2.75, 3.05) is 26.2 Å². The highest BCUT2D eigenvalue weighted by Crippen LogP contribution is 2.31. The minimum Gasteiger partial charge on any atom is -0.361 e. The lowest BCUT2D eigenvalue weighted by molar-refractivity contribution is -0.158. The number of ether oxygens (including phenoxy) is 1. The minimum absolute atomic E-state index is 0.0630. The molecule has 2 aliphatic rings. The van der Waals surface area contributed by atoms with E-state index in [-0.39, 0.29) is 44.5 Å². The first-order valence-electron chi connectivity index (χ1n) is 12.1. The number of fused-ring (bicyclic) bond motifs is 1. The molecular formula is C25H34N2O7SSi. The first kappa shape index (κ1) is 28.1. The van der Waals surface area contributed by atoms with E-state index in [2.05, 4.69) is 31.5 Å². The minimum atomic E-state index is -3.47.